The molecule has 6 heteroatoms. The van der Waals surface area contributed by atoms with Crippen LogP contribution >= 0.6 is 0 Å². The van der Waals surface area contributed by atoms with Gasteiger partial charge in [-0.15, -0.1) is 0 Å². The lowest BCUT2D eigenvalue weighted by molar-refractivity contribution is -0.133. The molecule has 0 aromatic heterocycles. The molecule has 6 nitrogen and oxygen atoms in total. The number of carbonyl (C=O) groups excluding carboxylic acids is 2. The minimum absolute atomic E-state index is 0.122. The Morgan fingerprint density at radius 3 is 2.42 bits per heavy atom. The molecule has 0 atom stereocenters. The smallest absolute Gasteiger partial charge is 0.276 e. The van der Waals surface area contributed by atoms with E-state index in [9.17, 15) is 9.59 Å². The number of ether oxygens (including phenoxy) is 2. The lowest BCUT2D eigenvalue weighted by Crippen LogP contribution is -2.47. The highest BCUT2D eigenvalue weighted by molar-refractivity contribution is 5.84. The standard InChI is InChI=1S/C20H22N2O4/c23-19(21-22-20(24)16-10-12-25-13-11-16)14-26-18-9-5-4-8-17(18)15-6-2-1-3-7-15/h1-9,16H,10-14H2,(H,21,23)(H,22,24). The highest BCUT2D eigenvalue weighted by Gasteiger charge is 2.21. The van der Waals surface area contributed by atoms with Crippen LogP contribution < -0.4 is 15.6 Å². The topological polar surface area (TPSA) is 76.7 Å². The quantitative estimate of drug-likeness (QED) is 0.808. The van der Waals surface area contributed by atoms with Crippen molar-refractivity contribution in [2.24, 2.45) is 5.92 Å². The number of nitrogens with one attached hydrogen (secondary N) is 2. The maximum atomic E-state index is 12.0. The second kappa shape index (κ2) is 9.01. The van der Waals surface area contributed by atoms with Crippen molar-refractivity contribution in [2.75, 3.05) is 19.8 Å². The number of hydrogen-bond acceptors (Lipinski definition) is 4. The Hall–Kier alpha value is -2.86. The van der Waals surface area contributed by atoms with E-state index in [4.69, 9.17) is 9.47 Å². The fourth-order valence-electron chi connectivity index (χ4n) is 2.82. The molecule has 0 saturated carbocycles. The van der Waals surface area contributed by atoms with E-state index in [1.807, 2.05) is 54.6 Å². The Balaban J connectivity index is 1.51. The normalized spacial score (nSPS) is 14.5. The van der Waals surface area contributed by atoms with Gasteiger partial charge in [-0.1, -0.05) is 48.5 Å². The number of hydrazine groups is 1. The predicted molar refractivity (Wildman–Crippen MR) is 97.2 cm³/mol. The summed E-state index contributed by atoms with van der Waals surface area (Å²) in [6, 6.07) is 17.3. The van der Waals surface area contributed by atoms with Crippen LogP contribution in [0.15, 0.2) is 54.6 Å². The zero-order chi connectivity index (χ0) is 18.2. The first-order chi connectivity index (χ1) is 12.7. The molecule has 2 aromatic rings. The van der Waals surface area contributed by atoms with E-state index < -0.39 is 5.91 Å². The van der Waals surface area contributed by atoms with E-state index in [1.54, 1.807) is 0 Å². The Labute approximate surface area is 152 Å². The zero-order valence-corrected chi connectivity index (χ0v) is 14.4. The summed E-state index contributed by atoms with van der Waals surface area (Å²) in [4.78, 5) is 24.0. The van der Waals surface area contributed by atoms with Gasteiger partial charge < -0.3 is 9.47 Å². The number of benzene rings is 2. The number of amides is 2. The van der Waals surface area contributed by atoms with Crippen molar-refractivity contribution in [3.8, 4) is 16.9 Å². The van der Waals surface area contributed by atoms with Crippen LogP contribution in [-0.2, 0) is 14.3 Å². The van der Waals surface area contributed by atoms with E-state index >= 15 is 0 Å². The molecule has 2 aromatic carbocycles. The van der Waals surface area contributed by atoms with E-state index in [1.165, 1.54) is 0 Å². The van der Waals surface area contributed by atoms with Crippen molar-refractivity contribution in [3.05, 3.63) is 54.6 Å². The summed E-state index contributed by atoms with van der Waals surface area (Å²) in [5.41, 5.74) is 6.79. The highest BCUT2D eigenvalue weighted by Crippen LogP contribution is 2.29. The molecule has 1 saturated heterocycles. The van der Waals surface area contributed by atoms with Crippen LogP contribution in [0.5, 0.6) is 5.75 Å². The number of hydrogen-bond donors (Lipinski definition) is 2. The van der Waals surface area contributed by atoms with Gasteiger partial charge >= 0.3 is 0 Å². The molecule has 1 aliphatic heterocycles. The molecule has 1 fully saturated rings. The number of carbonyl (C=O) groups is 2. The minimum atomic E-state index is -0.409. The second-order valence-corrected chi connectivity index (χ2v) is 6.07. The van der Waals surface area contributed by atoms with E-state index in [0.29, 0.717) is 31.8 Å². The van der Waals surface area contributed by atoms with E-state index in [2.05, 4.69) is 10.9 Å². The average Bonchev–Trinajstić information content (AvgIpc) is 2.72. The van der Waals surface area contributed by atoms with Crippen molar-refractivity contribution in [2.45, 2.75) is 12.8 Å². The van der Waals surface area contributed by atoms with Gasteiger partial charge in [0, 0.05) is 24.7 Å². The summed E-state index contributed by atoms with van der Waals surface area (Å²) in [6.45, 7) is 0.967. The van der Waals surface area contributed by atoms with Crippen LogP contribution in [0, 0.1) is 5.92 Å². The van der Waals surface area contributed by atoms with Crippen molar-refractivity contribution < 1.29 is 19.1 Å². The first-order valence-electron chi connectivity index (χ1n) is 8.68. The Morgan fingerprint density at radius 1 is 0.962 bits per heavy atom. The van der Waals surface area contributed by atoms with Gasteiger partial charge in [0.05, 0.1) is 0 Å². The fraction of sp³-hybridized carbons (Fsp3) is 0.300. The van der Waals surface area contributed by atoms with Gasteiger partial charge in [-0.25, -0.2) is 0 Å². The third-order valence-corrected chi connectivity index (χ3v) is 4.25. The van der Waals surface area contributed by atoms with Crippen molar-refractivity contribution in [3.63, 3.8) is 0 Å². The summed E-state index contributed by atoms with van der Waals surface area (Å²) in [5, 5.41) is 0. The van der Waals surface area contributed by atoms with Crippen LogP contribution in [-0.4, -0.2) is 31.6 Å². The van der Waals surface area contributed by atoms with Gasteiger partial charge in [-0.2, -0.15) is 0 Å². The zero-order valence-electron chi connectivity index (χ0n) is 14.4. The predicted octanol–water partition coefficient (Wildman–Crippen LogP) is 2.31. The van der Waals surface area contributed by atoms with Gasteiger partial charge in [0.1, 0.15) is 5.75 Å². The lowest BCUT2D eigenvalue weighted by atomic mass is 10.00. The van der Waals surface area contributed by atoms with Crippen LogP contribution in [0.3, 0.4) is 0 Å². The van der Waals surface area contributed by atoms with Crippen LogP contribution in [0.1, 0.15) is 12.8 Å². The molecule has 1 aliphatic rings. The largest absolute Gasteiger partial charge is 0.483 e. The lowest BCUT2D eigenvalue weighted by Gasteiger charge is -2.21. The Morgan fingerprint density at radius 2 is 1.65 bits per heavy atom. The summed E-state index contributed by atoms with van der Waals surface area (Å²) in [7, 11) is 0. The Kier molecular flexibility index (Phi) is 6.22. The van der Waals surface area contributed by atoms with Crippen LogP contribution in [0.2, 0.25) is 0 Å². The summed E-state index contributed by atoms with van der Waals surface area (Å²) in [6.07, 6.45) is 1.34. The summed E-state index contributed by atoms with van der Waals surface area (Å²) in [5.74, 6) is -0.104. The van der Waals surface area contributed by atoms with Crippen molar-refractivity contribution in [1.29, 1.82) is 0 Å². The van der Waals surface area contributed by atoms with Gasteiger partial charge in [-0.05, 0) is 24.5 Å². The fourth-order valence-corrected chi connectivity index (χ4v) is 2.82. The highest BCUT2D eigenvalue weighted by atomic mass is 16.5. The molecule has 2 amide bonds. The molecule has 3 rings (SSSR count). The minimum Gasteiger partial charge on any atom is -0.483 e. The molecular weight excluding hydrogens is 332 g/mol. The van der Waals surface area contributed by atoms with E-state index in [0.717, 1.165) is 11.1 Å². The third kappa shape index (κ3) is 4.83. The molecule has 0 aliphatic carbocycles. The maximum Gasteiger partial charge on any atom is 0.276 e. The molecule has 0 unspecified atom stereocenters. The summed E-state index contributed by atoms with van der Waals surface area (Å²) < 4.78 is 10.9. The molecule has 1 heterocycles. The van der Waals surface area contributed by atoms with Crippen LogP contribution in [0.4, 0.5) is 0 Å². The molecule has 0 spiro atoms. The third-order valence-electron chi connectivity index (χ3n) is 4.25. The summed E-state index contributed by atoms with van der Waals surface area (Å²) >= 11 is 0. The first-order valence-corrected chi connectivity index (χ1v) is 8.68. The van der Waals surface area contributed by atoms with Gasteiger partial charge in [-0.3, -0.25) is 20.4 Å². The van der Waals surface area contributed by atoms with Crippen molar-refractivity contribution >= 4 is 11.8 Å². The maximum absolute atomic E-state index is 12.0. The van der Waals surface area contributed by atoms with Gasteiger partial charge in [0.25, 0.3) is 5.91 Å². The molecule has 2 N–H and O–H groups in total. The number of rotatable bonds is 5. The Bertz CT molecular complexity index is 742. The number of para-hydroxylation sites is 1. The van der Waals surface area contributed by atoms with Gasteiger partial charge in [0.2, 0.25) is 5.91 Å². The molecular formula is C20H22N2O4. The molecule has 136 valence electrons. The molecule has 0 bridgehead atoms. The monoisotopic (exact) mass is 354 g/mol. The average molecular weight is 354 g/mol. The molecule has 0 radical (unpaired) electrons. The van der Waals surface area contributed by atoms with E-state index in [-0.39, 0.29) is 18.4 Å². The first kappa shape index (κ1) is 17.9. The molecule has 26 heavy (non-hydrogen) atoms. The SMILES string of the molecule is O=C(COc1ccccc1-c1ccccc1)NNC(=O)C1CCOCC1. The van der Waals surface area contributed by atoms with Crippen molar-refractivity contribution in [1.82, 2.24) is 10.9 Å². The second-order valence-electron chi connectivity index (χ2n) is 6.07. The van der Waals surface area contributed by atoms with Crippen LogP contribution in [0.25, 0.3) is 11.1 Å². The van der Waals surface area contributed by atoms with Gasteiger partial charge in [0.15, 0.2) is 6.61 Å².